The zero-order valence-corrected chi connectivity index (χ0v) is 18.4. The molecule has 1 aromatic rings. The molecule has 5 nitrogen and oxygen atoms in total. The van der Waals surface area contributed by atoms with Crippen LogP contribution in [0.1, 0.15) is 37.6 Å². The Hall–Kier alpha value is -0.380. The molecule has 1 aromatic heterocycles. The molecule has 3 heterocycles. The average molecular weight is 478 g/mol. The van der Waals surface area contributed by atoms with Crippen molar-refractivity contribution in [1.82, 2.24) is 9.80 Å². The van der Waals surface area contributed by atoms with Crippen LogP contribution in [-0.2, 0) is 4.74 Å². The van der Waals surface area contributed by atoms with Crippen molar-refractivity contribution in [2.75, 3.05) is 39.3 Å². The molecule has 2 N–H and O–H groups in total. The largest absolute Gasteiger partial charge is 0.375 e. The van der Waals surface area contributed by atoms with E-state index < -0.39 is 0 Å². The Bertz CT molecular complexity index is 531. The van der Waals surface area contributed by atoms with Gasteiger partial charge in [-0.25, -0.2) is 0 Å². The number of likely N-dealkylation sites (tertiary alicyclic amines) is 1. The van der Waals surface area contributed by atoms with Gasteiger partial charge in [0.25, 0.3) is 0 Å². The number of guanidine groups is 1. The molecule has 2 saturated heterocycles. The lowest BCUT2D eigenvalue weighted by atomic mass is 9.97. The predicted octanol–water partition coefficient (Wildman–Crippen LogP) is 3.17. The van der Waals surface area contributed by atoms with E-state index in [1.54, 1.807) is 0 Å². The van der Waals surface area contributed by atoms with Gasteiger partial charge in [0.15, 0.2) is 5.96 Å². The fourth-order valence-corrected chi connectivity index (χ4v) is 4.37. The van der Waals surface area contributed by atoms with E-state index in [0.717, 1.165) is 45.2 Å². The number of aliphatic imine (C=N–C) groups is 1. The summed E-state index contributed by atoms with van der Waals surface area (Å²) >= 11 is 1.83. The molecule has 0 spiro atoms. The summed E-state index contributed by atoms with van der Waals surface area (Å²) < 4.78 is 5.59. The number of hydrogen-bond acceptors (Lipinski definition) is 4. The number of nitrogens with two attached hydrogens (primary N) is 1. The Morgan fingerprint density at radius 3 is 2.76 bits per heavy atom. The fraction of sp³-hybridized carbons (Fsp3) is 0.722. The molecule has 2 aliphatic rings. The van der Waals surface area contributed by atoms with Crippen LogP contribution in [-0.4, -0.2) is 61.2 Å². The maximum absolute atomic E-state index is 6.27. The topological polar surface area (TPSA) is 54.1 Å². The van der Waals surface area contributed by atoms with Crippen LogP contribution in [0.25, 0.3) is 0 Å². The van der Waals surface area contributed by atoms with Crippen LogP contribution < -0.4 is 5.73 Å². The maximum Gasteiger partial charge on any atom is 0.191 e. The molecule has 0 amide bonds. The number of thiophene rings is 1. The summed E-state index contributed by atoms with van der Waals surface area (Å²) in [6, 6.07) is 4.72. The van der Waals surface area contributed by atoms with E-state index >= 15 is 0 Å². The van der Waals surface area contributed by atoms with Crippen LogP contribution in [0.4, 0.5) is 0 Å². The van der Waals surface area contributed by atoms with Gasteiger partial charge in [0.2, 0.25) is 0 Å². The van der Waals surface area contributed by atoms with Crippen molar-refractivity contribution < 1.29 is 4.74 Å². The van der Waals surface area contributed by atoms with Gasteiger partial charge in [-0.3, -0.25) is 9.89 Å². The van der Waals surface area contributed by atoms with E-state index in [9.17, 15) is 0 Å². The van der Waals surface area contributed by atoms with E-state index in [0.29, 0.717) is 12.0 Å². The molecule has 0 aliphatic carbocycles. The lowest BCUT2D eigenvalue weighted by Gasteiger charge is -2.36. The zero-order chi connectivity index (χ0) is 16.9. The standard InChI is InChI=1S/C18H30N4OS.HI/c1-14-5-7-21(8-6-14)16(17-4-3-11-24-17)12-20-18(19)22-9-10-23-15(2)13-22;/h3-4,11,14-16H,5-10,12-13H2,1-2H3,(H2,19,20);1H. The highest BCUT2D eigenvalue weighted by molar-refractivity contribution is 14.0. The van der Waals surface area contributed by atoms with Crippen molar-refractivity contribution in [3.63, 3.8) is 0 Å². The number of ether oxygens (including phenoxy) is 1. The lowest BCUT2D eigenvalue weighted by molar-refractivity contribution is 0.00523. The molecular weight excluding hydrogens is 447 g/mol. The van der Waals surface area contributed by atoms with E-state index in [4.69, 9.17) is 15.5 Å². The Labute approximate surface area is 172 Å². The average Bonchev–Trinajstić information content (AvgIpc) is 3.11. The monoisotopic (exact) mass is 478 g/mol. The number of hydrogen-bond donors (Lipinski definition) is 1. The molecule has 0 bridgehead atoms. The number of nitrogens with zero attached hydrogens (tertiary/aromatic N) is 3. The summed E-state index contributed by atoms with van der Waals surface area (Å²) in [7, 11) is 0. The van der Waals surface area contributed by atoms with Gasteiger partial charge in [-0.2, -0.15) is 0 Å². The first-order chi connectivity index (χ1) is 11.6. The second kappa shape index (κ2) is 10.1. The van der Waals surface area contributed by atoms with E-state index in [1.807, 2.05) is 11.3 Å². The Morgan fingerprint density at radius 2 is 2.12 bits per heavy atom. The van der Waals surface area contributed by atoms with Gasteiger partial charge in [0.1, 0.15) is 0 Å². The minimum atomic E-state index is 0. The predicted molar refractivity (Wildman–Crippen MR) is 116 cm³/mol. The highest BCUT2D eigenvalue weighted by Gasteiger charge is 2.26. The molecule has 0 aromatic carbocycles. The Morgan fingerprint density at radius 1 is 1.36 bits per heavy atom. The molecule has 2 aliphatic heterocycles. The molecule has 142 valence electrons. The minimum Gasteiger partial charge on any atom is -0.375 e. The number of morpholine rings is 1. The van der Waals surface area contributed by atoms with E-state index in [2.05, 4.69) is 41.2 Å². The molecule has 3 rings (SSSR count). The van der Waals surface area contributed by atoms with Crippen LogP contribution in [0.15, 0.2) is 22.5 Å². The normalized spacial score (nSPS) is 24.8. The fourth-order valence-electron chi connectivity index (χ4n) is 3.51. The maximum atomic E-state index is 6.27. The third-order valence-electron chi connectivity index (χ3n) is 5.12. The van der Waals surface area contributed by atoms with Gasteiger partial charge in [0.05, 0.1) is 25.3 Å². The quantitative estimate of drug-likeness (QED) is 0.411. The van der Waals surface area contributed by atoms with Crippen molar-refractivity contribution in [3.8, 4) is 0 Å². The van der Waals surface area contributed by atoms with E-state index in [1.165, 1.54) is 17.7 Å². The molecule has 2 unspecified atom stereocenters. The highest BCUT2D eigenvalue weighted by atomic mass is 127. The summed E-state index contributed by atoms with van der Waals surface area (Å²) in [4.78, 5) is 10.9. The molecule has 2 atom stereocenters. The summed E-state index contributed by atoms with van der Waals surface area (Å²) in [6.07, 6.45) is 2.79. The Balaban J connectivity index is 0.00000225. The van der Waals surface area contributed by atoms with Gasteiger partial charge >= 0.3 is 0 Å². The van der Waals surface area contributed by atoms with Gasteiger partial charge in [0, 0.05) is 18.0 Å². The second-order valence-corrected chi connectivity index (χ2v) is 8.06. The minimum absolute atomic E-state index is 0. The number of piperidine rings is 1. The first kappa shape index (κ1) is 20.9. The Kier molecular flexibility index (Phi) is 8.44. The second-order valence-electron chi connectivity index (χ2n) is 7.08. The van der Waals surface area contributed by atoms with Gasteiger partial charge < -0.3 is 15.4 Å². The van der Waals surface area contributed by atoms with Crippen molar-refractivity contribution in [2.45, 2.75) is 38.8 Å². The van der Waals surface area contributed by atoms with Crippen molar-refractivity contribution >= 4 is 41.3 Å². The molecule has 2 fully saturated rings. The summed E-state index contributed by atoms with van der Waals surface area (Å²) in [5.41, 5.74) is 6.27. The summed E-state index contributed by atoms with van der Waals surface area (Å²) in [6.45, 7) is 9.91. The number of rotatable bonds is 4. The smallest absolute Gasteiger partial charge is 0.191 e. The van der Waals surface area contributed by atoms with Gasteiger partial charge in [-0.15, -0.1) is 35.3 Å². The zero-order valence-electron chi connectivity index (χ0n) is 15.3. The van der Waals surface area contributed by atoms with Crippen LogP contribution in [0.5, 0.6) is 0 Å². The van der Waals surface area contributed by atoms with Crippen LogP contribution in [0, 0.1) is 5.92 Å². The molecule has 0 saturated carbocycles. The summed E-state index contributed by atoms with van der Waals surface area (Å²) in [5.74, 6) is 1.51. The lowest BCUT2D eigenvalue weighted by Crippen LogP contribution is -2.48. The summed E-state index contributed by atoms with van der Waals surface area (Å²) in [5, 5.41) is 2.16. The van der Waals surface area contributed by atoms with E-state index in [-0.39, 0.29) is 30.1 Å². The molecule has 0 radical (unpaired) electrons. The van der Waals surface area contributed by atoms with Crippen molar-refractivity contribution in [2.24, 2.45) is 16.6 Å². The first-order valence-corrected chi connectivity index (χ1v) is 9.95. The highest BCUT2D eigenvalue weighted by Crippen LogP contribution is 2.29. The van der Waals surface area contributed by atoms with Gasteiger partial charge in [-0.05, 0) is 50.2 Å². The number of halogens is 1. The first-order valence-electron chi connectivity index (χ1n) is 9.07. The molecular formula is C18H31IN4OS. The third-order valence-corrected chi connectivity index (χ3v) is 6.10. The SMILES string of the molecule is CC1CCN(C(CN=C(N)N2CCOC(C)C2)c2cccs2)CC1.I. The third kappa shape index (κ3) is 5.80. The van der Waals surface area contributed by atoms with Crippen LogP contribution in [0.3, 0.4) is 0 Å². The van der Waals surface area contributed by atoms with Crippen molar-refractivity contribution in [3.05, 3.63) is 22.4 Å². The van der Waals surface area contributed by atoms with Crippen LogP contribution >= 0.6 is 35.3 Å². The van der Waals surface area contributed by atoms with Crippen molar-refractivity contribution in [1.29, 1.82) is 0 Å². The van der Waals surface area contributed by atoms with Crippen LogP contribution in [0.2, 0.25) is 0 Å². The molecule has 25 heavy (non-hydrogen) atoms. The van der Waals surface area contributed by atoms with Gasteiger partial charge in [-0.1, -0.05) is 13.0 Å². The molecule has 7 heteroatoms.